The molecule has 3 atom stereocenters. The summed E-state index contributed by atoms with van der Waals surface area (Å²) in [5.41, 5.74) is 0.0556. The topological polar surface area (TPSA) is 105 Å². The number of sulfonamides is 1. The van der Waals surface area contributed by atoms with Crippen LogP contribution in [0, 0.1) is 11.8 Å². The molecule has 2 N–H and O–H groups in total. The van der Waals surface area contributed by atoms with Crippen molar-refractivity contribution in [3.63, 3.8) is 0 Å². The quantitative estimate of drug-likeness (QED) is 0.720. The molecule has 2 saturated heterocycles. The molecule has 3 heterocycles. The molecule has 0 bridgehead atoms. The maximum absolute atomic E-state index is 12.8. The fourth-order valence-corrected chi connectivity index (χ4v) is 5.93. The van der Waals surface area contributed by atoms with Crippen LogP contribution in [0.4, 0.5) is 5.69 Å². The van der Waals surface area contributed by atoms with Crippen molar-refractivity contribution >= 4 is 27.6 Å². The lowest BCUT2D eigenvalue weighted by Gasteiger charge is -2.39. The minimum atomic E-state index is -3.59. The van der Waals surface area contributed by atoms with Gasteiger partial charge in [-0.2, -0.15) is 4.72 Å². The largest absolute Gasteiger partial charge is 0.459 e. The van der Waals surface area contributed by atoms with Crippen LogP contribution in [-0.2, 0) is 24.3 Å². The molecule has 0 aromatic heterocycles. The Balaban J connectivity index is 1.43. The summed E-state index contributed by atoms with van der Waals surface area (Å²) < 4.78 is 33.2. The van der Waals surface area contributed by atoms with Gasteiger partial charge in [-0.25, -0.2) is 8.42 Å². The number of benzene rings is 1. The summed E-state index contributed by atoms with van der Waals surface area (Å²) in [5.74, 6) is -0.845. The lowest BCUT2D eigenvalue weighted by atomic mass is 9.92. The lowest BCUT2D eigenvalue weighted by molar-refractivity contribution is -0.150. The molecule has 0 saturated carbocycles. The summed E-state index contributed by atoms with van der Waals surface area (Å²) >= 11 is 0. The number of ether oxygens (including phenoxy) is 1. The number of likely N-dealkylation sites (tertiary alicyclic amines) is 1. The predicted molar refractivity (Wildman–Crippen MR) is 106 cm³/mol. The fraction of sp³-hybridized carbons (Fsp3) is 0.600. The Kier molecular flexibility index (Phi) is 5.06. The highest BCUT2D eigenvalue weighted by molar-refractivity contribution is 7.89. The molecule has 3 aliphatic rings. The molecule has 2 fully saturated rings. The first-order valence-electron chi connectivity index (χ1n) is 10.0. The van der Waals surface area contributed by atoms with Gasteiger partial charge in [0.25, 0.3) is 0 Å². The third-order valence-electron chi connectivity index (χ3n) is 5.92. The third kappa shape index (κ3) is 4.11. The highest BCUT2D eigenvalue weighted by atomic mass is 32.2. The lowest BCUT2D eigenvalue weighted by Crippen LogP contribution is -2.54. The van der Waals surface area contributed by atoms with E-state index in [1.807, 2.05) is 13.8 Å². The molecule has 158 valence electrons. The number of anilines is 1. The molecule has 9 heteroatoms. The highest BCUT2D eigenvalue weighted by Gasteiger charge is 2.42. The molecule has 0 aliphatic carbocycles. The van der Waals surface area contributed by atoms with E-state index >= 15 is 0 Å². The normalized spacial score (nSPS) is 30.2. The van der Waals surface area contributed by atoms with E-state index in [1.165, 1.54) is 0 Å². The molecule has 1 aromatic rings. The minimum absolute atomic E-state index is 0.0530. The summed E-state index contributed by atoms with van der Waals surface area (Å²) in [7, 11) is -3.59. The van der Waals surface area contributed by atoms with Crippen LogP contribution >= 0.6 is 0 Å². The number of carbonyl (C=O) groups excluding carboxylic acids is 2. The van der Waals surface area contributed by atoms with Gasteiger partial charge < -0.3 is 15.0 Å². The number of carbonyl (C=O) groups is 2. The number of hydrogen-bond donors (Lipinski definition) is 2. The highest BCUT2D eigenvalue weighted by Crippen LogP contribution is 2.34. The van der Waals surface area contributed by atoms with Crippen molar-refractivity contribution in [3.05, 3.63) is 24.3 Å². The van der Waals surface area contributed by atoms with E-state index in [1.54, 1.807) is 29.2 Å². The van der Waals surface area contributed by atoms with Gasteiger partial charge in [0.15, 0.2) is 0 Å². The summed E-state index contributed by atoms with van der Waals surface area (Å²) in [4.78, 5) is 26.8. The molecule has 29 heavy (non-hydrogen) atoms. The van der Waals surface area contributed by atoms with E-state index in [9.17, 15) is 18.0 Å². The van der Waals surface area contributed by atoms with Crippen molar-refractivity contribution in [1.82, 2.24) is 9.62 Å². The number of piperidine rings is 1. The smallest absolute Gasteiger partial charge is 0.310 e. The maximum atomic E-state index is 12.8. The van der Waals surface area contributed by atoms with Crippen LogP contribution < -0.4 is 10.0 Å². The Morgan fingerprint density at radius 3 is 2.79 bits per heavy atom. The number of fused-ring (bicyclic) bond motifs is 1. The Hall–Kier alpha value is -2.13. The zero-order valence-electron chi connectivity index (χ0n) is 16.7. The standard InChI is InChI=1S/C20H27N3O5S/c1-20(2)11-14(19(25)28-20)10-17(24)23-9-5-6-13(12-23)18-21-15-7-3-4-8-16(15)29(26,27)22-18/h3-4,7-8,13-14,18,21-22H,5-6,9-12H2,1-2H3/t13-,14+,18+/m1/s1. The SMILES string of the molecule is CC1(C)C[C@H](CC(=O)N2CCC[C@@H]([C@H]3Nc4ccccc4S(=O)(=O)N3)C2)C(=O)O1. The number of esters is 1. The van der Waals surface area contributed by atoms with Gasteiger partial charge >= 0.3 is 5.97 Å². The molecule has 0 spiro atoms. The van der Waals surface area contributed by atoms with Crippen molar-refractivity contribution in [2.75, 3.05) is 18.4 Å². The second-order valence-electron chi connectivity index (χ2n) is 8.77. The van der Waals surface area contributed by atoms with Gasteiger partial charge in [-0.1, -0.05) is 12.1 Å². The summed E-state index contributed by atoms with van der Waals surface area (Å²) in [5, 5.41) is 3.27. The van der Waals surface area contributed by atoms with Crippen LogP contribution in [0.3, 0.4) is 0 Å². The molecule has 0 unspecified atom stereocenters. The molecule has 1 aromatic carbocycles. The van der Waals surface area contributed by atoms with Crippen molar-refractivity contribution in [2.45, 2.75) is 56.2 Å². The Morgan fingerprint density at radius 1 is 1.31 bits per heavy atom. The van der Waals surface area contributed by atoms with Crippen molar-refractivity contribution in [3.8, 4) is 0 Å². The van der Waals surface area contributed by atoms with Gasteiger partial charge in [0.2, 0.25) is 15.9 Å². The number of amides is 1. The zero-order valence-corrected chi connectivity index (χ0v) is 17.5. The Labute approximate surface area is 171 Å². The van der Waals surface area contributed by atoms with Gasteiger partial charge in [-0.3, -0.25) is 9.59 Å². The molecular formula is C20H27N3O5S. The van der Waals surface area contributed by atoms with E-state index in [-0.39, 0.29) is 29.1 Å². The molecule has 8 nitrogen and oxygen atoms in total. The van der Waals surface area contributed by atoms with E-state index in [2.05, 4.69) is 10.0 Å². The monoisotopic (exact) mass is 421 g/mol. The molecule has 0 radical (unpaired) electrons. The van der Waals surface area contributed by atoms with E-state index in [4.69, 9.17) is 4.74 Å². The van der Waals surface area contributed by atoms with Crippen molar-refractivity contribution in [1.29, 1.82) is 0 Å². The first-order valence-corrected chi connectivity index (χ1v) is 11.5. The third-order valence-corrected chi connectivity index (χ3v) is 7.42. The zero-order chi connectivity index (χ0) is 20.8. The van der Waals surface area contributed by atoms with Crippen LogP contribution in [0.1, 0.15) is 39.5 Å². The molecular weight excluding hydrogens is 394 g/mol. The number of para-hydroxylation sites is 1. The number of hydrogen-bond acceptors (Lipinski definition) is 6. The van der Waals surface area contributed by atoms with Gasteiger partial charge in [0.1, 0.15) is 10.5 Å². The average molecular weight is 422 g/mol. The van der Waals surface area contributed by atoms with Crippen LogP contribution in [0.15, 0.2) is 29.2 Å². The molecule has 3 aliphatic heterocycles. The Morgan fingerprint density at radius 2 is 2.07 bits per heavy atom. The molecule has 4 rings (SSSR count). The molecule has 1 amide bonds. The van der Waals surface area contributed by atoms with Gasteiger partial charge in [-0.15, -0.1) is 0 Å². The predicted octanol–water partition coefficient (Wildman–Crippen LogP) is 1.69. The van der Waals surface area contributed by atoms with Gasteiger partial charge in [0.05, 0.1) is 17.8 Å². The second-order valence-corrected chi connectivity index (χ2v) is 10.4. The minimum Gasteiger partial charge on any atom is -0.459 e. The van der Waals surface area contributed by atoms with Crippen molar-refractivity contribution in [2.24, 2.45) is 11.8 Å². The Bertz CT molecular complexity index is 930. The number of cyclic esters (lactones) is 1. The van der Waals surface area contributed by atoms with Crippen LogP contribution in [0.2, 0.25) is 0 Å². The average Bonchev–Trinajstić information content (AvgIpc) is 2.92. The number of rotatable bonds is 3. The number of nitrogens with one attached hydrogen (secondary N) is 2. The van der Waals surface area contributed by atoms with Gasteiger partial charge in [-0.05, 0) is 38.8 Å². The van der Waals surface area contributed by atoms with E-state index in [0.717, 1.165) is 12.8 Å². The first-order chi connectivity index (χ1) is 13.6. The van der Waals surface area contributed by atoms with Gasteiger partial charge in [0, 0.05) is 31.8 Å². The number of nitrogens with zero attached hydrogens (tertiary/aromatic N) is 1. The van der Waals surface area contributed by atoms with E-state index < -0.39 is 27.7 Å². The van der Waals surface area contributed by atoms with Crippen LogP contribution in [0.25, 0.3) is 0 Å². The summed E-state index contributed by atoms with van der Waals surface area (Å²) in [6.07, 6.45) is 1.81. The van der Waals surface area contributed by atoms with Crippen LogP contribution in [0.5, 0.6) is 0 Å². The summed E-state index contributed by atoms with van der Waals surface area (Å²) in [6, 6.07) is 6.80. The summed E-state index contributed by atoms with van der Waals surface area (Å²) in [6.45, 7) is 4.78. The maximum Gasteiger partial charge on any atom is 0.310 e. The second kappa shape index (κ2) is 7.28. The van der Waals surface area contributed by atoms with Crippen molar-refractivity contribution < 1.29 is 22.7 Å². The van der Waals surface area contributed by atoms with Crippen LogP contribution in [-0.4, -0.2) is 50.1 Å². The van der Waals surface area contributed by atoms with E-state index in [0.29, 0.717) is 25.2 Å². The first kappa shape index (κ1) is 20.2. The fourth-order valence-electron chi connectivity index (χ4n) is 4.54.